The van der Waals surface area contributed by atoms with Gasteiger partial charge in [-0.25, -0.2) is 0 Å². The summed E-state index contributed by atoms with van der Waals surface area (Å²) in [5, 5.41) is 14.8. The van der Waals surface area contributed by atoms with Gasteiger partial charge in [0.2, 0.25) is 0 Å². The Labute approximate surface area is 175 Å². The number of nitro benzene ring substituents is 1. The number of hydrogen-bond donors (Lipinski definition) is 1. The lowest BCUT2D eigenvalue weighted by Gasteiger charge is -2.28. The van der Waals surface area contributed by atoms with Crippen LogP contribution in [-0.4, -0.2) is 49.5 Å². The van der Waals surface area contributed by atoms with Crippen molar-refractivity contribution in [2.24, 2.45) is 0 Å². The average molecular weight is 417 g/mol. The Bertz CT molecular complexity index is 897. The minimum Gasteiger partial charge on any atom is -0.377 e. The molecule has 2 aromatic rings. The maximum Gasteiger partial charge on any atom is 0.270 e. The number of nitrogens with zero attached hydrogens (tertiary/aromatic N) is 3. The molecule has 0 aromatic heterocycles. The van der Waals surface area contributed by atoms with Crippen LogP contribution in [0.1, 0.15) is 34.8 Å². The fraction of sp³-hybridized carbons (Fsp3) is 0.381. The van der Waals surface area contributed by atoms with Crippen molar-refractivity contribution < 1.29 is 9.72 Å². The largest absolute Gasteiger partial charge is 0.377 e. The highest BCUT2D eigenvalue weighted by molar-refractivity contribution is 6.30. The summed E-state index contributed by atoms with van der Waals surface area (Å²) < 4.78 is 0. The van der Waals surface area contributed by atoms with Gasteiger partial charge in [0.05, 0.1) is 16.5 Å². The first-order chi connectivity index (χ1) is 13.9. The van der Waals surface area contributed by atoms with Crippen molar-refractivity contribution in [3.05, 3.63) is 68.7 Å². The molecule has 154 valence electrons. The van der Waals surface area contributed by atoms with E-state index < -0.39 is 4.92 Å². The first-order valence-electron chi connectivity index (χ1n) is 9.60. The maximum absolute atomic E-state index is 13.0. The zero-order chi connectivity index (χ0) is 21.0. The van der Waals surface area contributed by atoms with Gasteiger partial charge in [0.15, 0.2) is 0 Å². The zero-order valence-electron chi connectivity index (χ0n) is 16.6. The summed E-state index contributed by atoms with van der Waals surface area (Å²) in [5.74, 6) is -0.330. The van der Waals surface area contributed by atoms with Gasteiger partial charge < -0.3 is 10.2 Å². The number of halogens is 1. The van der Waals surface area contributed by atoms with Gasteiger partial charge in [-0.1, -0.05) is 23.7 Å². The standard InChI is InChI=1S/C21H25ClN4O3/c1-24(2)19-9-8-17(26(28)29)13-18(19)21(27)23-14-20(25-10-3-4-11-25)15-6-5-7-16(22)12-15/h5-9,12-13,20H,3-4,10-11,14H2,1-2H3,(H,23,27). The Morgan fingerprint density at radius 3 is 2.59 bits per heavy atom. The average Bonchev–Trinajstić information content (AvgIpc) is 3.22. The van der Waals surface area contributed by atoms with E-state index in [-0.39, 0.29) is 23.2 Å². The molecule has 3 rings (SSSR count). The number of hydrogen-bond acceptors (Lipinski definition) is 5. The lowest BCUT2D eigenvalue weighted by molar-refractivity contribution is -0.384. The van der Waals surface area contributed by atoms with E-state index in [1.165, 1.54) is 12.1 Å². The van der Waals surface area contributed by atoms with Gasteiger partial charge in [0.1, 0.15) is 0 Å². The number of carbonyl (C=O) groups excluding carboxylic acids is 1. The summed E-state index contributed by atoms with van der Waals surface area (Å²) >= 11 is 6.18. The highest BCUT2D eigenvalue weighted by Gasteiger charge is 2.25. The quantitative estimate of drug-likeness (QED) is 0.547. The van der Waals surface area contributed by atoms with Gasteiger partial charge in [0.25, 0.3) is 11.6 Å². The van der Waals surface area contributed by atoms with Gasteiger partial charge in [-0.05, 0) is 49.7 Å². The molecule has 1 atom stereocenters. The molecule has 29 heavy (non-hydrogen) atoms. The third-order valence-electron chi connectivity index (χ3n) is 5.19. The normalized spacial score (nSPS) is 15.1. The smallest absolute Gasteiger partial charge is 0.270 e. The van der Waals surface area contributed by atoms with Crippen molar-refractivity contribution in [1.29, 1.82) is 0 Å². The second-order valence-electron chi connectivity index (χ2n) is 7.38. The molecule has 8 heteroatoms. The van der Waals surface area contributed by atoms with Crippen molar-refractivity contribution in [3.8, 4) is 0 Å². The van der Waals surface area contributed by atoms with E-state index >= 15 is 0 Å². The monoisotopic (exact) mass is 416 g/mol. The molecule has 1 amide bonds. The highest BCUT2D eigenvalue weighted by Crippen LogP contribution is 2.28. The van der Waals surface area contributed by atoms with Gasteiger partial charge >= 0.3 is 0 Å². The molecule has 1 heterocycles. The van der Waals surface area contributed by atoms with Crippen LogP contribution in [0.2, 0.25) is 5.02 Å². The van der Waals surface area contributed by atoms with Crippen LogP contribution in [0.3, 0.4) is 0 Å². The van der Waals surface area contributed by atoms with E-state index in [1.54, 1.807) is 25.1 Å². The predicted molar refractivity (Wildman–Crippen MR) is 115 cm³/mol. The number of rotatable bonds is 7. The molecule has 1 saturated heterocycles. The van der Waals surface area contributed by atoms with Crippen molar-refractivity contribution in [3.63, 3.8) is 0 Å². The molecule has 1 aliphatic heterocycles. The minimum atomic E-state index is -0.491. The van der Waals surface area contributed by atoms with E-state index in [0.717, 1.165) is 31.5 Å². The summed E-state index contributed by atoms with van der Waals surface area (Å²) in [7, 11) is 3.61. The first-order valence-corrected chi connectivity index (χ1v) is 9.98. The summed E-state index contributed by atoms with van der Waals surface area (Å²) in [6, 6.07) is 12.0. The van der Waals surface area contributed by atoms with Gasteiger partial charge in [-0.3, -0.25) is 19.8 Å². The van der Waals surface area contributed by atoms with Gasteiger partial charge in [0, 0.05) is 43.5 Å². The first kappa shape index (κ1) is 21.1. The molecular weight excluding hydrogens is 392 g/mol. The van der Waals surface area contributed by atoms with Crippen molar-refractivity contribution in [1.82, 2.24) is 10.2 Å². The summed E-state index contributed by atoms with van der Waals surface area (Å²) in [4.78, 5) is 27.7. The molecule has 1 aliphatic rings. The Balaban J connectivity index is 1.83. The Hall–Kier alpha value is -2.64. The fourth-order valence-electron chi connectivity index (χ4n) is 3.72. The molecule has 0 radical (unpaired) electrons. The van der Waals surface area contributed by atoms with Crippen LogP contribution >= 0.6 is 11.6 Å². The third kappa shape index (κ3) is 5.05. The van der Waals surface area contributed by atoms with E-state index in [0.29, 0.717) is 17.3 Å². The predicted octanol–water partition coefficient (Wildman–Crippen LogP) is 3.88. The van der Waals surface area contributed by atoms with Crippen LogP contribution in [0, 0.1) is 10.1 Å². The number of nitrogens with one attached hydrogen (secondary N) is 1. The molecule has 1 fully saturated rings. The van der Waals surface area contributed by atoms with E-state index in [1.807, 2.05) is 24.3 Å². The Kier molecular flexibility index (Phi) is 6.71. The molecule has 2 aromatic carbocycles. The maximum atomic E-state index is 13.0. The Morgan fingerprint density at radius 1 is 1.24 bits per heavy atom. The molecule has 7 nitrogen and oxygen atoms in total. The van der Waals surface area contributed by atoms with Crippen LogP contribution in [0.15, 0.2) is 42.5 Å². The van der Waals surface area contributed by atoms with E-state index in [9.17, 15) is 14.9 Å². The van der Waals surface area contributed by atoms with Crippen LogP contribution in [0.25, 0.3) is 0 Å². The number of carbonyl (C=O) groups is 1. The molecular formula is C21H25ClN4O3. The zero-order valence-corrected chi connectivity index (χ0v) is 17.4. The number of nitro groups is 1. The molecule has 0 spiro atoms. The van der Waals surface area contributed by atoms with E-state index in [2.05, 4.69) is 10.2 Å². The van der Waals surface area contributed by atoms with Crippen LogP contribution in [0.5, 0.6) is 0 Å². The third-order valence-corrected chi connectivity index (χ3v) is 5.42. The molecule has 0 bridgehead atoms. The number of benzene rings is 2. The fourth-order valence-corrected chi connectivity index (χ4v) is 3.92. The SMILES string of the molecule is CN(C)c1ccc([N+](=O)[O-])cc1C(=O)NCC(c1cccc(Cl)c1)N1CCCC1. The highest BCUT2D eigenvalue weighted by atomic mass is 35.5. The van der Waals surface area contributed by atoms with Gasteiger partial charge in [-0.2, -0.15) is 0 Å². The topological polar surface area (TPSA) is 78.7 Å². The second kappa shape index (κ2) is 9.24. The van der Waals surface area contributed by atoms with E-state index in [4.69, 9.17) is 11.6 Å². The Morgan fingerprint density at radius 2 is 1.97 bits per heavy atom. The molecule has 1 unspecified atom stereocenters. The van der Waals surface area contributed by atoms with Crippen LogP contribution < -0.4 is 10.2 Å². The van der Waals surface area contributed by atoms with Crippen molar-refractivity contribution in [2.45, 2.75) is 18.9 Å². The van der Waals surface area contributed by atoms with Crippen molar-refractivity contribution >= 4 is 28.9 Å². The lowest BCUT2D eigenvalue weighted by atomic mass is 10.0. The second-order valence-corrected chi connectivity index (χ2v) is 7.81. The van der Waals surface area contributed by atoms with Gasteiger partial charge in [-0.15, -0.1) is 0 Å². The molecule has 1 N–H and O–H groups in total. The molecule has 0 saturated carbocycles. The summed E-state index contributed by atoms with van der Waals surface area (Å²) in [6.07, 6.45) is 2.25. The summed E-state index contributed by atoms with van der Waals surface area (Å²) in [6.45, 7) is 2.33. The number of non-ortho nitro benzene ring substituents is 1. The van der Waals surface area contributed by atoms with Crippen LogP contribution in [0.4, 0.5) is 11.4 Å². The lowest BCUT2D eigenvalue weighted by Crippen LogP contribution is -2.37. The van der Waals surface area contributed by atoms with Crippen LogP contribution in [-0.2, 0) is 0 Å². The number of amides is 1. The van der Waals surface area contributed by atoms with Crippen molar-refractivity contribution in [2.75, 3.05) is 38.6 Å². The number of likely N-dealkylation sites (tertiary alicyclic amines) is 1. The summed E-state index contributed by atoms with van der Waals surface area (Å²) in [5.41, 5.74) is 1.86. The molecule has 0 aliphatic carbocycles. The minimum absolute atomic E-state index is 0.00153. The number of anilines is 1.